The molecule has 0 bridgehead atoms. The maximum absolute atomic E-state index is 12.1. The van der Waals surface area contributed by atoms with E-state index in [1.807, 2.05) is 6.92 Å². The van der Waals surface area contributed by atoms with E-state index in [0.717, 1.165) is 5.82 Å². The zero-order valence-corrected chi connectivity index (χ0v) is 12.4. The molecule has 0 fully saturated rings. The second-order valence-electron chi connectivity index (χ2n) is 4.59. The summed E-state index contributed by atoms with van der Waals surface area (Å²) in [5.74, 6) is 1.06. The molecule has 1 amide bonds. The van der Waals surface area contributed by atoms with E-state index in [0.29, 0.717) is 16.5 Å². The molecule has 0 aliphatic heterocycles. The molecule has 0 saturated heterocycles. The van der Waals surface area contributed by atoms with Crippen LogP contribution in [0.4, 0.5) is 5.69 Å². The van der Waals surface area contributed by atoms with E-state index in [4.69, 9.17) is 11.6 Å². The Bertz CT molecular complexity index is 813. The van der Waals surface area contributed by atoms with Crippen LogP contribution in [-0.2, 0) is 0 Å². The molecule has 0 spiro atoms. The first-order chi connectivity index (χ1) is 10.6. The molecule has 2 aromatic heterocycles. The highest BCUT2D eigenvalue weighted by atomic mass is 35.5. The SMILES string of the molecule is Cc1nccn1-c1ccc(C(=O)Nc2cccc(Cl)c2)nn1. The van der Waals surface area contributed by atoms with Gasteiger partial charge in [0.1, 0.15) is 5.82 Å². The van der Waals surface area contributed by atoms with Crippen LogP contribution in [0.15, 0.2) is 48.8 Å². The molecule has 1 aromatic carbocycles. The van der Waals surface area contributed by atoms with Crippen molar-refractivity contribution in [2.45, 2.75) is 6.92 Å². The summed E-state index contributed by atoms with van der Waals surface area (Å²) in [6, 6.07) is 10.2. The van der Waals surface area contributed by atoms with E-state index >= 15 is 0 Å². The Morgan fingerprint density at radius 1 is 1.23 bits per heavy atom. The lowest BCUT2D eigenvalue weighted by Gasteiger charge is -2.06. The highest BCUT2D eigenvalue weighted by molar-refractivity contribution is 6.30. The van der Waals surface area contributed by atoms with Crippen LogP contribution in [0.5, 0.6) is 0 Å². The fraction of sp³-hybridized carbons (Fsp3) is 0.0667. The number of aryl methyl sites for hydroxylation is 1. The molecular weight excluding hydrogens is 302 g/mol. The lowest BCUT2D eigenvalue weighted by atomic mass is 10.3. The van der Waals surface area contributed by atoms with E-state index in [1.54, 1.807) is 53.4 Å². The predicted molar refractivity (Wildman–Crippen MR) is 83.3 cm³/mol. The van der Waals surface area contributed by atoms with Crippen LogP contribution in [0.1, 0.15) is 16.3 Å². The van der Waals surface area contributed by atoms with E-state index in [9.17, 15) is 4.79 Å². The Morgan fingerprint density at radius 3 is 2.73 bits per heavy atom. The number of nitrogens with one attached hydrogen (secondary N) is 1. The molecule has 6 nitrogen and oxygen atoms in total. The first-order valence-corrected chi connectivity index (χ1v) is 6.92. The summed E-state index contributed by atoms with van der Waals surface area (Å²) in [7, 11) is 0. The second kappa shape index (κ2) is 5.95. The number of anilines is 1. The third kappa shape index (κ3) is 2.96. The van der Waals surface area contributed by atoms with E-state index < -0.39 is 0 Å². The van der Waals surface area contributed by atoms with Gasteiger partial charge in [0, 0.05) is 23.1 Å². The van der Waals surface area contributed by atoms with Gasteiger partial charge in [0.15, 0.2) is 11.5 Å². The molecule has 1 N–H and O–H groups in total. The van der Waals surface area contributed by atoms with Crippen LogP contribution >= 0.6 is 11.6 Å². The Hall–Kier alpha value is -2.73. The summed E-state index contributed by atoms with van der Waals surface area (Å²) >= 11 is 5.88. The summed E-state index contributed by atoms with van der Waals surface area (Å²) in [5, 5.41) is 11.3. The topological polar surface area (TPSA) is 72.7 Å². The quantitative estimate of drug-likeness (QED) is 0.807. The number of hydrogen-bond acceptors (Lipinski definition) is 4. The minimum Gasteiger partial charge on any atom is -0.321 e. The lowest BCUT2D eigenvalue weighted by Crippen LogP contribution is -2.15. The number of rotatable bonds is 3. The first kappa shape index (κ1) is 14.2. The number of hydrogen-bond donors (Lipinski definition) is 1. The minimum atomic E-state index is -0.344. The van der Waals surface area contributed by atoms with Gasteiger partial charge in [-0.2, -0.15) is 0 Å². The van der Waals surface area contributed by atoms with Gasteiger partial charge in [-0.05, 0) is 37.3 Å². The van der Waals surface area contributed by atoms with E-state index in [2.05, 4.69) is 20.5 Å². The number of carbonyl (C=O) groups is 1. The zero-order valence-electron chi connectivity index (χ0n) is 11.7. The smallest absolute Gasteiger partial charge is 0.276 e. The third-order valence-electron chi connectivity index (χ3n) is 3.04. The summed E-state index contributed by atoms with van der Waals surface area (Å²) in [5.41, 5.74) is 0.829. The predicted octanol–water partition coefficient (Wildman–Crippen LogP) is 2.88. The van der Waals surface area contributed by atoms with Crippen molar-refractivity contribution in [2.24, 2.45) is 0 Å². The van der Waals surface area contributed by atoms with Gasteiger partial charge in [-0.3, -0.25) is 9.36 Å². The van der Waals surface area contributed by atoms with Crippen LogP contribution in [0.2, 0.25) is 5.02 Å². The number of benzene rings is 1. The normalized spacial score (nSPS) is 10.5. The van der Waals surface area contributed by atoms with E-state index in [-0.39, 0.29) is 11.6 Å². The molecule has 0 atom stereocenters. The second-order valence-corrected chi connectivity index (χ2v) is 5.02. The maximum Gasteiger partial charge on any atom is 0.276 e. The summed E-state index contributed by atoms with van der Waals surface area (Å²) < 4.78 is 1.78. The minimum absolute atomic E-state index is 0.224. The first-order valence-electron chi connectivity index (χ1n) is 6.54. The van der Waals surface area contributed by atoms with Gasteiger partial charge in [0.25, 0.3) is 5.91 Å². The Morgan fingerprint density at radius 2 is 2.09 bits per heavy atom. The Balaban J connectivity index is 1.78. The third-order valence-corrected chi connectivity index (χ3v) is 3.27. The highest BCUT2D eigenvalue weighted by Gasteiger charge is 2.10. The average Bonchev–Trinajstić information content (AvgIpc) is 2.93. The van der Waals surface area contributed by atoms with Crippen LogP contribution in [0, 0.1) is 6.92 Å². The molecular formula is C15H12ClN5O. The molecule has 0 aliphatic rings. The van der Waals surface area contributed by atoms with Crippen molar-refractivity contribution in [3.8, 4) is 5.82 Å². The molecule has 2 heterocycles. The Labute approximate surface area is 131 Å². The summed E-state index contributed by atoms with van der Waals surface area (Å²) in [4.78, 5) is 16.2. The van der Waals surface area contributed by atoms with Gasteiger partial charge in [-0.1, -0.05) is 17.7 Å². The van der Waals surface area contributed by atoms with Gasteiger partial charge in [0.2, 0.25) is 0 Å². The average molecular weight is 314 g/mol. The van der Waals surface area contributed by atoms with Gasteiger partial charge < -0.3 is 5.32 Å². The summed E-state index contributed by atoms with van der Waals surface area (Å²) in [6.45, 7) is 1.86. The van der Waals surface area contributed by atoms with Crippen molar-refractivity contribution in [1.82, 2.24) is 19.7 Å². The molecule has 110 valence electrons. The molecule has 3 aromatic rings. The van der Waals surface area contributed by atoms with Gasteiger partial charge in [-0.15, -0.1) is 10.2 Å². The molecule has 3 rings (SSSR count). The van der Waals surface area contributed by atoms with Crippen LogP contribution in [-0.4, -0.2) is 25.7 Å². The van der Waals surface area contributed by atoms with Crippen molar-refractivity contribution >= 4 is 23.2 Å². The fourth-order valence-corrected chi connectivity index (χ4v) is 2.15. The molecule has 0 unspecified atom stereocenters. The van der Waals surface area contributed by atoms with Crippen molar-refractivity contribution in [1.29, 1.82) is 0 Å². The van der Waals surface area contributed by atoms with Gasteiger partial charge in [0.05, 0.1) is 0 Å². The summed E-state index contributed by atoms with van der Waals surface area (Å²) in [6.07, 6.45) is 3.46. The van der Waals surface area contributed by atoms with Crippen LogP contribution in [0.3, 0.4) is 0 Å². The monoisotopic (exact) mass is 313 g/mol. The maximum atomic E-state index is 12.1. The Kier molecular flexibility index (Phi) is 3.84. The standard InChI is InChI=1S/C15H12ClN5O/c1-10-17-7-8-21(10)14-6-5-13(19-20-14)15(22)18-12-4-2-3-11(16)9-12/h2-9H,1H3,(H,18,22). The van der Waals surface area contributed by atoms with E-state index in [1.165, 1.54) is 0 Å². The fourth-order valence-electron chi connectivity index (χ4n) is 1.96. The molecule has 0 saturated carbocycles. The van der Waals surface area contributed by atoms with Crippen LogP contribution in [0.25, 0.3) is 5.82 Å². The van der Waals surface area contributed by atoms with Gasteiger partial charge in [-0.25, -0.2) is 4.98 Å². The van der Waals surface area contributed by atoms with Crippen molar-refractivity contribution in [3.05, 3.63) is 65.3 Å². The molecule has 0 aliphatic carbocycles. The highest BCUT2D eigenvalue weighted by Crippen LogP contribution is 2.15. The number of halogens is 1. The number of aromatic nitrogens is 4. The number of nitrogens with zero attached hydrogens (tertiary/aromatic N) is 4. The molecule has 7 heteroatoms. The zero-order chi connectivity index (χ0) is 15.5. The number of amides is 1. The molecule has 22 heavy (non-hydrogen) atoms. The number of carbonyl (C=O) groups excluding carboxylic acids is 1. The van der Waals surface area contributed by atoms with Crippen LogP contribution < -0.4 is 5.32 Å². The van der Waals surface area contributed by atoms with Crippen molar-refractivity contribution < 1.29 is 4.79 Å². The lowest BCUT2D eigenvalue weighted by molar-refractivity contribution is 0.102. The number of imidazole rings is 1. The molecule has 0 radical (unpaired) electrons. The van der Waals surface area contributed by atoms with Crippen molar-refractivity contribution in [3.63, 3.8) is 0 Å². The van der Waals surface area contributed by atoms with Crippen molar-refractivity contribution in [2.75, 3.05) is 5.32 Å². The largest absolute Gasteiger partial charge is 0.321 e. The van der Waals surface area contributed by atoms with Gasteiger partial charge >= 0.3 is 0 Å².